The van der Waals surface area contributed by atoms with Crippen LogP contribution in [0.5, 0.6) is 0 Å². The molecular formula is C10H16N4O3. The second-order valence-electron chi connectivity index (χ2n) is 3.63. The van der Waals surface area contributed by atoms with E-state index in [2.05, 4.69) is 20.5 Å². The highest BCUT2D eigenvalue weighted by molar-refractivity contribution is 5.76. The lowest BCUT2D eigenvalue weighted by Crippen LogP contribution is -2.24. The SMILES string of the molecule is O=C(O)CCCC(=O)NCCCc1ncn[nH]1. The maximum absolute atomic E-state index is 11.2. The minimum absolute atomic E-state index is 0.0332. The number of nitrogens with one attached hydrogen (secondary N) is 2. The number of carbonyl (C=O) groups is 2. The molecule has 0 saturated carbocycles. The number of hydrogen-bond acceptors (Lipinski definition) is 4. The van der Waals surface area contributed by atoms with Gasteiger partial charge in [0.1, 0.15) is 12.2 Å². The van der Waals surface area contributed by atoms with Crippen molar-refractivity contribution in [2.45, 2.75) is 32.1 Å². The summed E-state index contributed by atoms with van der Waals surface area (Å²) in [4.78, 5) is 25.4. The predicted octanol–water partition coefficient (Wildman–Crippen LogP) is 0.108. The van der Waals surface area contributed by atoms with E-state index in [0.29, 0.717) is 13.0 Å². The normalized spacial score (nSPS) is 10.1. The molecule has 7 heteroatoms. The lowest BCUT2D eigenvalue weighted by Gasteiger charge is -2.03. The Morgan fingerprint density at radius 3 is 2.82 bits per heavy atom. The van der Waals surface area contributed by atoms with E-state index in [-0.39, 0.29) is 18.7 Å². The van der Waals surface area contributed by atoms with E-state index >= 15 is 0 Å². The van der Waals surface area contributed by atoms with Crippen LogP contribution in [0.25, 0.3) is 0 Å². The van der Waals surface area contributed by atoms with Crippen molar-refractivity contribution in [2.75, 3.05) is 6.54 Å². The van der Waals surface area contributed by atoms with E-state index < -0.39 is 5.97 Å². The number of carboxylic acids is 1. The molecule has 0 aliphatic carbocycles. The molecule has 7 nitrogen and oxygen atoms in total. The number of amides is 1. The summed E-state index contributed by atoms with van der Waals surface area (Å²) in [6.07, 6.45) is 3.62. The quantitative estimate of drug-likeness (QED) is 0.559. The number of aromatic amines is 1. The van der Waals surface area contributed by atoms with Crippen molar-refractivity contribution in [3.05, 3.63) is 12.2 Å². The lowest BCUT2D eigenvalue weighted by molar-refractivity contribution is -0.137. The fraction of sp³-hybridized carbons (Fsp3) is 0.600. The van der Waals surface area contributed by atoms with E-state index in [1.807, 2.05) is 0 Å². The van der Waals surface area contributed by atoms with E-state index in [9.17, 15) is 9.59 Å². The number of nitrogens with zero attached hydrogens (tertiary/aromatic N) is 2. The average molecular weight is 240 g/mol. The van der Waals surface area contributed by atoms with Gasteiger partial charge in [0.2, 0.25) is 5.91 Å². The fourth-order valence-corrected chi connectivity index (χ4v) is 1.32. The monoisotopic (exact) mass is 240 g/mol. The third-order valence-electron chi connectivity index (χ3n) is 2.17. The Labute approximate surface area is 98.6 Å². The fourth-order valence-electron chi connectivity index (χ4n) is 1.32. The summed E-state index contributed by atoms with van der Waals surface area (Å²) in [6, 6.07) is 0. The van der Waals surface area contributed by atoms with Gasteiger partial charge >= 0.3 is 5.97 Å². The summed E-state index contributed by atoms with van der Waals surface area (Å²) in [5.41, 5.74) is 0. The Kier molecular flexibility index (Phi) is 5.70. The molecule has 0 aromatic carbocycles. The lowest BCUT2D eigenvalue weighted by atomic mass is 10.2. The summed E-state index contributed by atoms with van der Waals surface area (Å²) >= 11 is 0. The van der Waals surface area contributed by atoms with Crippen LogP contribution in [0.1, 0.15) is 31.5 Å². The number of carboxylic acid groups (broad SMARTS) is 1. The summed E-state index contributed by atoms with van der Waals surface area (Å²) in [5.74, 6) is -0.183. The van der Waals surface area contributed by atoms with Gasteiger partial charge in [0, 0.05) is 25.8 Å². The van der Waals surface area contributed by atoms with Crippen LogP contribution in [-0.4, -0.2) is 38.7 Å². The zero-order valence-corrected chi connectivity index (χ0v) is 9.48. The number of aryl methyl sites for hydroxylation is 1. The number of aliphatic carboxylic acids is 1. The Morgan fingerprint density at radius 1 is 1.35 bits per heavy atom. The van der Waals surface area contributed by atoms with Gasteiger partial charge in [-0.15, -0.1) is 0 Å². The van der Waals surface area contributed by atoms with Gasteiger partial charge in [-0.1, -0.05) is 0 Å². The van der Waals surface area contributed by atoms with Gasteiger partial charge in [0.15, 0.2) is 0 Å². The topological polar surface area (TPSA) is 108 Å². The number of rotatable bonds is 8. The van der Waals surface area contributed by atoms with Crippen molar-refractivity contribution in [2.24, 2.45) is 0 Å². The van der Waals surface area contributed by atoms with Gasteiger partial charge in [-0.25, -0.2) is 4.98 Å². The zero-order valence-electron chi connectivity index (χ0n) is 9.48. The van der Waals surface area contributed by atoms with Crippen molar-refractivity contribution >= 4 is 11.9 Å². The largest absolute Gasteiger partial charge is 0.481 e. The molecule has 1 heterocycles. The van der Waals surface area contributed by atoms with Crippen LogP contribution in [0, 0.1) is 0 Å². The highest BCUT2D eigenvalue weighted by Crippen LogP contribution is 1.96. The molecule has 3 N–H and O–H groups in total. The average Bonchev–Trinajstić information content (AvgIpc) is 2.76. The molecular weight excluding hydrogens is 224 g/mol. The number of hydrogen-bond donors (Lipinski definition) is 3. The van der Waals surface area contributed by atoms with Gasteiger partial charge in [-0.05, 0) is 12.8 Å². The molecule has 0 aliphatic heterocycles. The maximum Gasteiger partial charge on any atom is 0.303 e. The van der Waals surface area contributed by atoms with E-state index in [4.69, 9.17) is 5.11 Å². The van der Waals surface area contributed by atoms with E-state index in [0.717, 1.165) is 18.7 Å². The first kappa shape index (κ1) is 13.1. The smallest absolute Gasteiger partial charge is 0.303 e. The molecule has 0 fully saturated rings. The molecule has 0 atom stereocenters. The third-order valence-corrected chi connectivity index (χ3v) is 2.17. The zero-order chi connectivity index (χ0) is 12.5. The molecule has 17 heavy (non-hydrogen) atoms. The third kappa shape index (κ3) is 6.29. The number of H-pyrrole nitrogens is 1. The summed E-state index contributed by atoms with van der Waals surface area (Å²) < 4.78 is 0. The Hall–Kier alpha value is -1.92. The molecule has 0 bridgehead atoms. The minimum Gasteiger partial charge on any atom is -0.481 e. The second kappa shape index (κ2) is 7.37. The molecule has 1 amide bonds. The van der Waals surface area contributed by atoms with Crippen LogP contribution in [0.2, 0.25) is 0 Å². The first-order valence-corrected chi connectivity index (χ1v) is 5.51. The van der Waals surface area contributed by atoms with Crippen molar-refractivity contribution in [3.63, 3.8) is 0 Å². The molecule has 94 valence electrons. The van der Waals surface area contributed by atoms with Crippen LogP contribution in [0.3, 0.4) is 0 Å². The second-order valence-corrected chi connectivity index (χ2v) is 3.63. The first-order chi connectivity index (χ1) is 8.18. The summed E-state index contributed by atoms with van der Waals surface area (Å²) in [6.45, 7) is 0.562. The highest BCUT2D eigenvalue weighted by atomic mass is 16.4. The van der Waals surface area contributed by atoms with Crippen LogP contribution in [0.4, 0.5) is 0 Å². The minimum atomic E-state index is -0.872. The van der Waals surface area contributed by atoms with Crippen LogP contribution >= 0.6 is 0 Å². The van der Waals surface area contributed by atoms with Crippen molar-refractivity contribution < 1.29 is 14.7 Å². The van der Waals surface area contributed by atoms with Crippen LogP contribution in [-0.2, 0) is 16.0 Å². The van der Waals surface area contributed by atoms with Gasteiger partial charge < -0.3 is 10.4 Å². The Morgan fingerprint density at radius 2 is 2.18 bits per heavy atom. The molecule has 1 rings (SSSR count). The Bertz CT molecular complexity index is 350. The number of carbonyl (C=O) groups excluding carboxylic acids is 1. The first-order valence-electron chi connectivity index (χ1n) is 5.51. The van der Waals surface area contributed by atoms with E-state index in [1.165, 1.54) is 6.33 Å². The Balaban J connectivity index is 1.98. The van der Waals surface area contributed by atoms with Crippen molar-refractivity contribution in [3.8, 4) is 0 Å². The molecule has 0 aliphatic rings. The predicted molar refractivity (Wildman–Crippen MR) is 59.2 cm³/mol. The van der Waals surface area contributed by atoms with E-state index in [1.54, 1.807) is 0 Å². The maximum atomic E-state index is 11.2. The van der Waals surface area contributed by atoms with Crippen molar-refractivity contribution in [1.29, 1.82) is 0 Å². The summed E-state index contributed by atoms with van der Waals surface area (Å²) in [7, 11) is 0. The molecule has 1 aromatic heterocycles. The van der Waals surface area contributed by atoms with Gasteiger partial charge in [0.25, 0.3) is 0 Å². The van der Waals surface area contributed by atoms with Crippen molar-refractivity contribution in [1.82, 2.24) is 20.5 Å². The standard InChI is InChI=1S/C10H16N4O3/c15-9(4-1-5-10(16)17)11-6-2-3-8-12-7-13-14-8/h7H,1-6H2,(H,11,15)(H,16,17)(H,12,13,14). The van der Waals surface area contributed by atoms with Gasteiger partial charge in [-0.2, -0.15) is 5.10 Å². The summed E-state index contributed by atoms with van der Waals surface area (Å²) in [5, 5.41) is 17.6. The molecule has 1 aromatic rings. The molecule has 0 saturated heterocycles. The highest BCUT2D eigenvalue weighted by Gasteiger charge is 2.03. The molecule has 0 unspecified atom stereocenters. The number of aromatic nitrogens is 3. The molecule has 0 radical (unpaired) electrons. The molecule has 0 spiro atoms. The van der Waals surface area contributed by atoms with Crippen LogP contribution < -0.4 is 5.32 Å². The van der Waals surface area contributed by atoms with Gasteiger partial charge in [0.05, 0.1) is 0 Å². The van der Waals surface area contributed by atoms with Crippen LogP contribution in [0.15, 0.2) is 6.33 Å². The van der Waals surface area contributed by atoms with Gasteiger partial charge in [-0.3, -0.25) is 14.7 Å².